The van der Waals surface area contributed by atoms with E-state index >= 15 is 0 Å². The van der Waals surface area contributed by atoms with Crippen LogP contribution in [0.3, 0.4) is 0 Å². The average molecular weight is 711 g/mol. The topological polar surface area (TPSA) is 18.5 Å². The Morgan fingerprint density at radius 2 is 0.879 bits per heavy atom. The summed E-state index contributed by atoms with van der Waals surface area (Å²) in [7, 11) is 6.76. The van der Waals surface area contributed by atoms with Crippen LogP contribution in [0.15, 0.2) is 45.3 Å². The molecule has 0 bridgehead atoms. The second-order valence-corrected chi connectivity index (χ2v) is 10.9. The van der Waals surface area contributed by atoms with Gasteiger partial charge < -0.3 is 22.3 Å². The van der Waals surface area contributed by atoms with Crippen LogP contribution in [0.25, 0.3) is 0 Å². The van der Waals surface area contributed by atoms with E-state index < -0.39 is 0 Å². The van der Waals surface area contributed by atoms with Gasteiger partial charge in [0.1, 0.15) is 0 Å². The van der Waals surface area contributed by atoms with E-state index in [2.05, 4.69) is 112 Å². The molecule has 0 fully saturated rings. The van der Waals surface area contributed by atoms with Crippen molar-refractivity contribution in [3.63, 3.8) is 0 Å². The number of rotatable bonds is 2. The minimum absolute atomic E-state index is 0. The van der Waals surface area contributed by atoms with Gasteiger partial charge in [-0.05, 0) is 78.1 Å². The van der Waals surface area contributed by atoms with Gasteiger partial charge in [-0.1, -0.05) is 53.7 Å². The molecule has 2 aromatic carbocycles. The maximum Gasteiger partial charge on any atom is 4.00 e. The van der Waals surface area contributed by atoms with Crippen molar-refractivity contribution in [1.29, 1.82) is 0 Å². The first-order valence-electron chi connectivity index (χ1n) is 10.6. The summed E-state index contributed by atoms with van der Waals surface area (Å²) in [6, 6.07) is 12.1. The molecule has 0 unspecified atom stereocenters. The fourth-order valence-corrected chi connectivity index (χ4v) is 3.16. The van der Waals surface area contributed by atoms with Crippen LogP contribution < -0.4 is 9.47 Å². The van der Waals surface area contributed by atoms with Crippen molar-refractivity contribution in [2.75, 3.05) is 0 Å². The SMILES string of the molecule is C[CH-]C.C[CH-]C.[CH2-]Oc1ccc(C(C)(C)C)cc1Br.[CH2-]Oc1ccc(C(C)(C)C)cc1Br.[Ce+4]. The molecular formula is C28H42Br2CeO2. The number of hydrogen-bond donors (Lipinski definition) is 0. The third kappa shape index (κ3) is 16.6. The zero-order valence-corrected chi connectivity index (χ0v) is 28.4. The third-order valence-electron chi connectivity index (χ3n) is 3.91. The molecule has 0 aliphatic heterocycles. The van der Waals surface area contributed by atoms with Gasteiger partial charge in [0, 0.05) is 0 Å². The number of halogens is 2. The Labute approximate surface area is 255 Å². The van der Waals surface area contributed by atoms with Crippen LogP contribution in [0.2, 0.25) is 0 Å². The van der Waals surface area contributed by atoms with Gasteiger partial charge in [0.2, 0.25) is 0 Å². The Hall–Kier alpha value is 0.377. The average Bonchev–Trinajstić information content (AvgIpc) is 2.68. The summed E-state index contributed by atoms with van der Waals surface area (Å²) in [5.74, 6) is 1.54. The summed E-state index contributed by atoms with van der Waals surface area (Å²) in [5.41, 5.74) is 2.89. The number of ether oxygens (including phenoxy) is 2. The Morgan fingerprint density at radius 3 is 1.03 bits per heavy atom. The summed E-state index contributed by atoms with van der Waals surface area (Å²) < 4.78 is 11.7. The maximum atomic E-state index is 4.92. The van der Waals surface area contributed by atoms with Crippen molar-refractivity contribution in [3.05, 3.63) is 83.5 Å². The quantitative estimate of drug-likeness (QED) is 0.289. The van der Waals surface area contributed by atoms with Gasteiger partial charge in [0.15, 0.2) is 0 Å². The molecule has 0 radical (unpaired) electrons. The molecule has 0 atom stereocenters. The zero-order valence-electron chi connectivity index (χ0n) is 22.1. The second-order valence-electron chi connectivity index (χ2n) is 9.23. The van der Waals surface area contributed by atoms with Crippen molar-refractivity contribution >= 4 is 31.9 Å². The largest absolute Gasteiger partial charge is 4.00 e. The molecule has 0 N–H and O–H groups in total. The Bertz CT molecular complexity index is 698. The molecule has 0 amide bonds. The molecule has 5 heteroatoms. The first-order valence-corrected chi connectivity index (χ1v) is 12.2. The van der Waals surface area contributed by atoms with Crippen molar-refractivity contribution in [1.82, 2.24) is 0 Å². The molecule has 0 heterocycles. The molecule has 184 valence electrons. The molecule has 0 aliphatic carbocycles. The van der Waals surface area contributed by atoms with E-state index in [-0.39, 0.29) is 52.6 Å². The van der Waals surface area contributed by atoms with Crippen molar-refractivity contribution in [2.45, 2.75) is 80.1 Å². The zero-order chi connectivity index (χ0) is 25.5. The van der Waals surface area contributed by atoms with Crippen molar-refractivity contribution in [3.8, 4) is 11.5 Å². The van der Waals surface area contributed by atoms with Crippen molar-refractivity contribution in [2.24, 2.45) is 0 Å². The van der Waals surface area contributed by atoms with Crippen LogP contribution in [-0.4, -0.2) is 0 Å². The Balaban J connectivity index is -0.000000430. The van der Waals surface area contributed by atoms with Crippen LogP contribution in [0.4, 0.5) is 0 Å². The first-order chi connectivity index (χ1) is 14.7. The molecule has 0 aromatic heterocycles. The van der Waals surface area contributed by atoms with Gasteiger partial charge in [-0.3, -0.25) is 0 Å². The van der Waals surface area contributed by atoms with E-state index in [0.717, 1.165) is 20.4 Å². The van der Waals surface area contributed by atoms with Gasteiger partial charge >= 0.3 is 41.7 Å². The van der Waals surface area contributed by atoms with Gasteiger partial charge in [0.25, 0.3) is 0 Å². The van der Waals surface area contributed by atoms with E-state index in [4.69, 9.17) is 9.47 Å². The van der Waals surface area contributed by atoms with Gasteiger partial charge in [-0.2, -0.15) is 41.9 Å². The molecule has 33 heavy (non-hydrogen) atoms. The first kappa shape index (κ1) is 37.9. The number of benzene rings is 2. The van der Waals surface area contributed by atoms with E-state index in [9.17, 15) is 0 Å². The molecule has 0 saturated carbocycles. The summed E-state index contributed by atoms with van der Waals surface area (Å²) >= 11 is 6.87. The number of hydrogen-bond acceptors (Lipinski definition) is 2. The molecule has 2 nitrogen and oxygen atoms in total. The molecule has 0 saturated heterocycles. The Morgan fingerprint density at radius 1 is 0.636 bits per heavy atom. The normalized spacial score (nSPS) is 10.1. The minimum Gasteiger partial charge on any atom is -0.665 e. The van der Waals surface area contributed by atoms with E-state index in [1.165, 1.54) is 11.1 Å². The van der Waals surface area contributed by atoms with Crippen LogP contribution >= 0.6 is 31.9 Å². The summed E-state index contributed by atoms with van der Waals surface area (Å²) in [6.07, 6.45) is 4.00. The van der Waals surface area contributed by atoms with Crippen LogP contribution in [-0.2, 0) is 10.8 Å². The van der Waals surface area contributed by atoms with E-state index in [1.54, 1.807) is 0 Å². The van der Waals surface area contributed by atoms with Gasteiger partial charge in [0.05, 0.1) is 20.4 Å². The maximum absolute atomic E-state index is 4.92. The molecule has 0 aliphatic rings. The predicted molar refractivity (Wildman–Crippen MR) is 149 cm³/mol. The van der Waals surface area contributed by atoms with Crippen molar-refractivity contribution < 1.29 is 51.2 Å². The minimum atomic E-state index is 0. The monoisotopic (exact) mass is 708 g/mol. The van der Waals surface area contributed by atoms with Crippen LogP contribution in [0, 0.1) is 68.8 Å². The standard InChI is InChI=1S/2C11H14BrO.2C3H7.Ce/c2*1-11(2,3)8-5-6-10(13-4)9(12)7-8;2*1-3-2;/h2*5-7H,4H2,1-3H3;2*3H,1-2H3;/q4*-1;+4. The summed E-state index contributed by atoms with van der Waals surface area (Å²) in [6.45, 7) is 21.1. The fraction of sp³-hybridized carbons (Fsp3) is 0.429. The predicted octanol–water partition coefficient (Wildman–Crippen LogP) is 10.3. The molecular weight excluding hydrogens is 668 g/mol. The fourth-order valence-electron chi connectivity index (χ4n) is 2.17. The van der Waals surface area contributed by atoms with Crippen LogP contribution in [0.1, 0.15) is 80.4 Å². The van der Waals surface area contributed by atoms with E-state index in [1.807, 2.05) is 52.7 Å². The summed E-state index contributed by atoms with van der Waals surface area (Å²) in [4.78, 5) is 0. The van der Waals surface area contributed by atoms with Crippen LogP contribution in [0.5, 0.6) is 11.5 Å². The second kappa shape index (κ2) is 19.6. The summed E-state index contributed by atoms with van der Waals surface area (Å²) in [5, 5.41) is 0. The smallest absolute Gasteiger partial charge is 0.665 e. The molecule has 2 rings (SSSR count). The molecule has 0 spiro atoms. The third-order valence-corrected chi connectivity index (χ3v) is 5.15. The molecule has 2 aromatic rings. The van der Waals surface area contributed by atoms with Gasteiger partial charge in [-0.15, -0.1) is 0 Å². The van der Waals surface area contributed by atoms with E-state index in [0.29, 0.717) is 0 Å². The Kier molecular flexibility index (Phi) is 22.5. The van der Waals surface area contributed by atoms with Gasteiger partial charge in [-0.25, -0.2) is 0 Å².